The van der Waals surface area contributed by atoms with E-state index in [1.54, 1.807) is 0 Å². The van der Waals surface area contributed by atoms with Gasteiger partial charge in [0.25, 0.3) is 0 Å². The van der Waals surface area contributed by atoms with Crippen molar-refractivity contribution in [2.75, 3.05) is 0 Å². The van der Waals surface area contributed by atoms with Crippen LogP contribution in [-0.4, -0.2) is 6.10 Å². The molecular formula is C13H20O2. The van der Waals surface area contributed by atoms with Crippen LogP contribution in [0.25, 0.3) is 0 Å². The van der Waals surface area contributed by atoms with Gasteiger partial charge in [0.15, 0.2) is 0 Å². The summed E-state index contributed by atoms with van der Waals surface area (Å²) in [6.45, 7) is 8.08. The smallest absolute Gasteiger partial charge is 0.123 e. The van der Waals surface area contributed by atoms with Crippen LogP contribution in [0.3, 0.4) is 0 Å². The van der Waals surface area contributed by atoms with Crippen LogP contribution >= 0.6 is 0 Å². The molecule has 15 heavy (non-hydrogen) atoms. The first-order chi connectivity index (χ1) is 7.06. The van der Waals surface area contributed by atoms with Crippen molar-refractivity contribution in [3.8, 4) is 0 Å². The molecule has 1 aromatic carbocycles. The molecule has 0 saturated carbocycles. The average Bonchev–Trinajstić information content (AvgIpc) is 2.27. The third-order valence-corrected chi connectivity index (χ3v) is 2.46. The van der Waals surface area contributed by atoms with Gasteiger partial charge in [0.1, 0.15) is 5.60 Å². The van der Waals surface area contributed by atoms with E-state index in [9.17, 15) is 0 Å². The molecule has 2 heteroatoms. The van der Waals surface area contributed by atoms with Gasteiger partial charge in [0.05, 0.1) is 6.10 Å². The average molecular weight is 208 g/mol. The zero-order valence-electron chi connectivity index (χ0n) is 9.99. The maximum absolute atomic E-state index is 5.47. The molecule has 0 amide bonds. The van der Waals surface area contributed by atoms with E-state index in [1.165, 1.54) is 0 Å². The predicted octanol–water partition coefficient (Wildman–Crippen LogP) is 3.67. The van der Waals surface area contributed by atoms with Gasteiger partial charge >= 0.3 is 0 Å². The van der Waals surface area contributed by atoms with Gasteiger partial charge in [-0.2, -0.15) is 0 Å². The van der Waals surface area contributed by atoms with Gasteiger partial charge in [-0.05, 0) is 32.8 Å². The van der Waals surface area contributed by atoms with E-state index in [0.717, 1.165) is 12.0 Å². The summed E-state index contributed by atoms with van der Waals surface area (Å²) >= 11 is 0. The number of rotatable bonds is 5. The van der Waals surface area contributed by atoms with Crippen LogP contribution in [0, 0.1) is 0 Å². The first kappa shape index (κ1) is 12.2. The maximum Gasteiger partial charge on any atom is 0.123 e. The first-order valence-corrected chi connectivity index (χ1v) is 5.46. The lowest BCUT2D eigenvalue weighted by Crippen LogP contribution is -2.24. The normalized spacial score (nSPS) is 13.9. The fourth-order valence-corrected chi connectivity index (χ4v) is 1.16. The third kappa shape index (κ3) is 3.65. The molecule has 0 bridgehead atoms. The van der Waals surface area contributed by atoms with Crippen molar-refractivity contribution in [2.24, 2.45) is 0 Å². The van der Waals surface area contributed by atoms with Crippen molar-refractivity contribution in [2.45, 2.75) is 45.8 Å². The summed E-state index contributed by atoms with van der Waals surface area (Å²) < 4.78 is 0. The van der Waals surface area contributed by atoms with E-state index in [-0.39, 0.29) is 6.10 Å². The molecule has 2 nitrogen and oxygen atoms in total. The summed E-state index contributed by atoms with van der Waals surface area (Å²) in [4.78, 5) is 10.8. The second-order valence-electron chi connectivity index (χ2n) is 4.27. The van der Waals surface area contributed by atoms with Gasteiger partial charge in [-0.1, -0.05) is 37.3 Å². The standard InChI is InChI=1S/C13H20O2/c1-5-11(2)14-15-13(3,4)12-9-7-6-8-10-12/h6-11H,5H2,1-4H3. The van der Waals surface area contributed by atoms with Gasteiger partial charge in [-0.3, -0.25) is 0 Å². The van der Waals surface area contributed by atoms with Gasteiger partial charge in [-0.25, -0.2) is 9.78 Å². The highest BCUT2D eigenvalue weighted by Gasteiger charge is 2.23. The Hall–Kier alpha value is -0.860. The Morgan fingerprint density at radius 2 is 1.80 bits per heavy atom. The summed E-state index contributed by atoms with van der Waals surface area (Å²) in [7, 11) is 0. The molecule has 1 unspecified atom stereocenters. The van der Waals surface area contributed by atoms with Crippen LogP contribution in [0.4, 0.5) is 0 Å². The molecule has 0 spiro atoms. The largest absolute Gasteiger partial charge is 0.233 e. The lowest BCUT2D eigenvalue weighted by Gasteiger charge is -2.25. The Bertz CT molecular complexity index is 280. The van der Waals surface area contributed by atoms with Crippen LogP contribution in [0.5, 0.6) is 0 Å². The summed E-state index contributed by atoms with van der Waals surface area (Å²) in [6.07, 6.45) is 1.08. The Morgan fingerprint density at radius 3 is 2.33 bits per heavy atom. The van der Waals surface area contributed by atoms with Gasteiger partial charge in [-0.15, -0.1) is 0 Å². The highest BCUT2D eigenvalue weighted by molar-refractivity contribution is 5.20. The van der Waals surface area contributed by atoms with Crippen molar-refractivity contribution in [3.63, 3.8) is 0 Å². The van der Waals surface area contributed by atoms with Crippen molar-refractivity contribution in [1.82, 2.24) is 0 Å². The van der Waals surface area contributed by atoms with E-state index in [4.69, 9.17) is 9.78 Å². The molecule has 0 aromatic heterocycles. The lowest BCUT2D eigenvalue weighted by atomic mass is 9.99. The molecule has 1 aromatic rings. The molecule has 0 saturated heterocycles. The van der Waals surface area contributed by atoms with Gasteiger partial charge in [0, 0.05) is 0 Å². The molecule has 0 aliphatic carbocycles. The minimum absolute atomic E-state index is 0.132. The molecule has 0 fully saturated rings. The quantitative estimate of drug-likeness (QED) is 0.543. The first-order valence-electron chi connectivity index (χ1n) is 5.46. The van der Waals surface area contributed by atoms with Crippen molar-refractivity contribution >= 4 is 0 Å². The van der Waals surface area contributed by atoms with Crippen LogP contribution < -0.4 is 0 Å². The maximum atomic E-state index is 5.47. The second-order valence-corrected chi connectivity index (χ2v) is 4.27. The number of hydrogen-bond donors (Lipinski definition) is 0. The highest BCUT2D eigenvalue weighted by Crippen LogP contribution is 2.25. The lowest BCUT2D eigenvalue weighted by molar-refractivity contribution is -0.379. The molecule has 1 atom stereocenters. The Labute approximate surface area is 92.1 Å². The Balaban J connectivity index is 2.59. The fraction of sp³-hybridized carbons (Fsp3) is 0.538. The summed E-state index contributed by atoms with van der Waals surface area (Å²) in [5.41, 5.74) is 0.721. The van der Waals surface area contributed by atoms with Crippen molar-refractivity contribution < 1.29 is 9.78 Å². The Kier molecular flexibility index (Phi) is 4.30. The molecular weight excluding hydrogens is 188 g/mol. The molecule has 1 rings (SSSR count). The van der Waals surface area contributed by atoms with Crippen LogP contribution in [-0.2, 0) is 15.4 Å². The van der Waals surface area contributed by atoms with E-state index in [0.29, 0.717) is 0 Å². The summed E-state index contributed by atoms with van der Waals surface area (Å²) in [5.74, 6) is 0. The topological polar surface area (TPSA) is 18.5 Å². The fourth-order valence-electron chi connectivity index (χ4n) is 1.16. The van der Waals surface area contributed by atoms with E-state index in [2.05, 4.69) is 6.92 Å². The summed E-state index contributed by atoms with van der Waals surface area (Å²) in [5, 5.41) is 0. The Morgan fingerprint density at radius 1 is 1.20 bits per heavy atom. The SMILES string of the molecule is CCC(C)OOC(C)(C)c1ccccc1. The van der Waals surface area contributed by atoms with E-state index in [1.807, 2.05) is 51.1 Å². The summed E-state index contributed by atoms with van der Waals surface area (Å²) in [6, 6.07) is 10.1. The zero-order chi connectivity index (χ0) is 11.3. The predicted molar refractivity (Wildman–Crippen MR) is 61.4 cm³/mol. The monoisotopic (exact) mass is 208 g/mol. The van der Waals surface area contributed by atoms with Gasteiger partial charge in [0.2, 0.25) is 0 Å². The molecule has 84 valence electrons. The molecule has 0 aliphatic rings. The second kappa shape index (κ2) is 5.29. The third-order valence-electron chi connectivity index (χ3n) is 2.46. The molecule has 0 N–H and O–H groups in total. The van der Waals surface area contributed by atoms with Crippen LogP contribution in [0.1, 0.15) is 39.7 Å². The van der Waals surface area contributed by atoms with Crippen molar-refractivity contribution in [3.05, 3.63) is 35.9 Å². The zero-order valence-corrected chi connectivity index (χ0v) is 9.99. The van der Waals surface area contributed by atoms with E-state index < -0.39 is 5.60 Å². The molecule has 0 radical (unpaired) electrons. The van der Waals surface area contributed by atoms with Crippen molar-refractivity contribution in [1.29, 1.82) is 0 Å². The van der Waals surface area contributed by atoms with Gasteiger partial charge < -0.3 is 0 Å². The minimum atomic E-state index is -0.398. The highest BCUT2D eigenvalue weighted by atomic mass is 17.2. The van der Waals surface area contributed by atoms with E-state index >= 15 is 0 Å². The number of benzene rings is 1. The minimum Gasteiger partial charge on any atom is -0.233 e. The molecule has 0 aliphatic heterocycles. The number of hydrogen-bond acceptors (Lipinski definition) is 2. The molecule has 0 heterocycles. The van der Waals surface area contributed by atoms with Crippen LogP contribution in [0.15, 0.2) is 30.3 Å². The van der Waals surface area contributed by atoms with Crippen LogP contribution in [0.2, 0.25) is 0 Å².